The first-order valence-corrected chi connectivity index (χ1v) is 8.42. The minimum Gasteiger partial charge on any atom is -0.452 e. The Morgan fingerprint density at radius 2 is 1.89 bits per heavy atom. The van der Waals surface area contributed by atoms with Crippen LogP contribution >= 0.6 is 0 Å². The molecule has 0 radical (unpaired) electrons. The molecule has 5 nitrogen and oxygen atoms in total. The second-order valence-corrected chi connectivity index (χ2v) is 6.00. The van der Waals surface area contributed by atoms with Crippen molar-refractivity contribution >= 4 is 22.8 Å². The number of hydrogen-bond acceptors (Lipinski definition) is 4. The first-order chi connectivity index (χ1) is 13.1. The number of terminal acetylenes is 1. The largest absolute Gasteiger partial charge is 0.452 e. The highest BCUT2D eigenvalue weighted by atomic mass is 16.5. The summed E-state index contributed by atoms with van der Waals surface area (Å²) in [7, 11) is 0. The summed E-state index contributed by atoms with van der Waals surface area (Å²) in [4.78, 5) is 28.9. The second kappa shape index (κ2) is 8.15. The Kier molecular flexibility index (Phi) is 5.48. The van der Waals surface area contributed by atoms with Crippen LogP contribution in [0.3, 0.4) is 0 Å². The molecule has 1 aromatic heterocycles. The van der Waals surface area contributed by atoms with Crippen LogP contribution in [-0.4, -0.2) is 30.0 Å². The fourth-order valence-corrected chi connectivity index (χ4v) is 2.63. The zero-order valence-electron chi connectivity index (χ0n) is 14.9. The third kappa shape index (κ3) is 4.31. The van der Waals surface area contributed by atoms with Crippen molar-refractivity contribution in [2.24, 2.45) is 0 Å². The molecule has 0 saturated carbocycles. The van der Waals surface area contributed by atoms with Crippen LogP contribution in [0.25, 0.3) is 22.2 Å². The van der Waals surface area contributed by atoms with Crippen LogP contribution in [0.5, 0.6) is 0 Å². The van der Waals surface area contributed by atoms with Gasteiger partial charge < -0.3 is 10.1 Å². The van der Waals surface area contributed by atoms with E-state index in [0.717, 1.165) is 11.1 Å². The molecule has 0 aliphatic carbocycles. The summed E-state index contributed by atoms with van der Waals surface area (Å²) in [6.45, 7) is 1.70. The molecule has 5 heteroatoms. The molecule has 134 valence electrons. The van der Waals surface area contributed by atoms with Crippen LogP contribution in [0, 0.1) is 19.3 Å². The Balaban J connectivity index is 1.93. The maximum Gasteiger partial charge on any atom is 0.339 e. The molecule has 0 bridgehead atoms. The van der Waals surface area contributed by atoms with Crippen molar-refractivity contribution in [1.82, 2.24) is 10.3 Å². The highest BCUT2D eigenvalue weighted by molar-refractivity contribution is 6.05. The average Bonchev–Trinajstić information content (AvgIpc) is 2.70. The standard InChI is InChI=1S/C22H18N2O3/c1-3-12-23-21(25)14-27-22(26)18-13-20(16-10-8-15(2)9-11-16)24-19-7-5-4-6-17(18)19/h1,4-11,13H,12,14H2,2H3,(H,23,25). The smallest absolute Gasteiger partial charge is 0.339 e. The molecule has 3 rings (SSSR count). The van der Waals surface area contributed by atoms with E-state index < -0.39 is 18.5 Å². The molecule has 0 aliphatic heterocycles. The number of pyridine rings is 1. The number of para-hydroxylation sites is 1. The molecule has 1 heterocycles. The third-order valence-electron chi connectivity index (χ3n) is 4.01. The zero-order chi connectivity index (χ0) is 19.2. The van der Waals surface area contributed by atoms with Crippen molar-refractivity contribution < 1.29 is 14.3 Å². The van der Waals surface area contributed by atoms with Gasteiger partial charge in [-0.05, 0) is 19.1 Å². The lowest BCUT2D eigenvalue weighted by molar-refractivity contribution is -0.123. The minimum absolute atomic E-state index is 0.0894. The summed E-state index contributed by atoms with van der Waals surface area (Å²) < 4.78 is 5.16. The lowest BCUT2D eigenvalue weighted by Crippen LogP contribution is -2.29. The van der Waals surface area contributed by atoms with Crippen molar-refractivity contribution in [2.75, 3.05) is 13.2 Å². The second-order valence-electron chi connectivity index (χ2n) is 6.00. The summed E-state index contributed by atoms with van der Waals surface area (Å²) in [5, 5.41) is 3.12. The molecule has 0 aliphatic rings. The van der Waals surface area contributed by atoms with Gasteiger partial charge in [-0.25, -0.2) is 9.78 Å². The first-order valence-electron chi connectivity index (χ1n) is 8.42. The summed E-state index contributed by atoms with van der Waals surface area (Å²) >= 11 is 0. The van der Waals surface area contributed by atoms with Gasteiger partial charge in [-0.2, -0.15) is 0 Å². The Bertz CT molecular complexity index is 1030. The lowest BCUT2D eigenvalue weighted by Gasteiger charge is -2.10. The molecule has 27 heavy (non-hydrogen) atoms. The molecule has 1 amide bonds. The monoisotopic (exact) mass is 358 g/mol. The summed E-state index contributed by atoms with van der Waals surface area (Å²) in [6.07, 6.45) is 5.09. The van der Waals surface area contributed by atoms with Crippen LogP contribution < -0.4 is 5.32 Å². The predicted molar refractivity (Wildman–Crippen MR) is 104 cm³/mol. The number of fused-ring (bicyclic) bond motifs is 1. The molecular formula is C22H18N2O3. The van der Waals surface area contributed by atoms with E-state index in [9.17, 15) is 9.59 Å². The maximum atomic E-state index is 12.6. The SMILES string of the molecule is C#CCNC(=O)COC(=O)c1cc(-c2ccc(C)cc2)nc2ccccc12. The highest BCUT2D eigenvalue weighted by Crippen LogP contribution is 2.25. The number of aromatic nitrogens is 1. The van der Waals surface area contributed by atoms with E-state index in [1.807, 2.05) is 49.4 Å². The first kappa shape index (κ1) is 18.2. The van der Waals surface area contributed by atoms with Gasteiger partial charge in [-0.3, -0.25) is 4.79 Å². The van der Waals surface area contributed by atoms with Gasteiger partial charge in [-0.1, -0.05) is 53.9 Å². The van der Waals surface area contributed by atoms with Gasteiger partial charge in [0.05, 0.1) is 23.3 Å². The molecule has 0 spiro atoms. The molecule has 3 aromatic rings. The number of nitrogens with zero attached hydrogens (tertiary/aromatic N) is 1. The van der Waals surface area contributed by atoms with Gasteiger partial charge in [0.25, 0.3) is 5.91 Å². The van der Waals surface area contributed by atoms with E-state index in [2.05, 4.69) is 16.2 Å². The fraction of sp³-hybridized carbons (Fsp3) is 0.136. The van der Waals surface area contributed by atoms with E-state index in [1.54, 1.807) is 12.1 Å². The number of nitrogens with one attached hydrogen (secondary N) is 1. The van der Waals surface area contributed by atoms with Gasteiger partial charge in [0.15, 0.2) is 6.61 Å². The van der Waals surface area contributed by atoms with Gasteiger partial charge in [-0.15, -0.1) is 6.42 Å². The molecule has 2 aromatic carbocycles. The van der Waals surface area contributed by atoms with Crippen molar-refractivity contribution in [3.63, 3.8) is 0 Å². The van der Waals surface area contributed by atoms with Gasteiger partial charge in [0, 0.05) is 10.9 Å². The van der Waals surface area contributed by atoms with E-state index in [0.29, 0.717) is 22.2 Å². The normalized spacial score (nSPS) is 10.2. The minimum atomic E-state index is -0.585. The van der Waals surface area contributed by atoms with Crippen molar-refractivity contribution in [1.29, 1.82) is 0 Å². The number of amides is 1. The van der Waals surface area contributed by atoms with Crippen LogP contribution in [0.4, 0.5) is 0 Å². The van der Waals surface area contributed by atoms with Gasteiger partial charge in [0.2, 0.25) is 0 Å². The Labute approximate surface area is 157 Å². The van der Waals surface area contributed by atoms with E-state index in [-0.39, 0.29) is 6.54 Å². The van der Waals surface area contributed by atoms with Crippen LogP contribution in [-0.2, 0) is 9.53 Å². The zero-order valence-corrected chi connectivity index (χ0v) is 14.9. The number of carbonyl (C=O) groups excluding carboxylic acids is 2. The Morgan fingerprint density at radius 1 is 1.15 bits per heavy atom. The van der Waals surface area contributed by atoms with Gasteiger partial charge >= 0.3 is 5.97 Å². The average molecular weight is 358 g/mol. The Hall–Kier alpha value is -3.65. The number of ether oxygens (including phenoxy) is 1. The summed E-state index contributed by atoms with van der Waals surface area (Å²) in [6, 6.07) is 16.9. The van der Waals surface area contributed by atoms with Crippen LogP contribution in [0.15, 0.2) is 54.6 Å². The topological polar surface area (TPSA) is 68.3 Å². The molecule has 0 saturated heterocycles. The van der Waals surface area contributed by atoms with E-state index in [1.165, 1.54) is 0 Å². The number of hydrogen-bond donors (Lipinski definition) is 1. The lowest BCUT2D eigenvalue weighted by atomic mass is 10.0. The number of aryl methyl sites for hydroxylation is 1. The van der Waals surface area contributed by atoms with E-state index >= 15 is 0 Å². The highest BCUT2D eigenvalue weighted by Gasteiger charge is 2.16. The summed E-state index contributed by atoms with van der Waals surface area (Å²) in [5.74, 6) is 1.26. The van der Waals surface area contributed by atoms with Crippen molar-refractivity contribution in [3.05, 3.63) is 65.7 Å². The molecule has 0 unspecified atom stereocenters. The summed E-state index contributed by atoms with van der Waals surface area (Å²) in [5.41, 5.74) is 3.74. The predicted octanol–water partition coefficient (Wildman–Crippen LogP) is 3.12. The van der Waals surface area contributed by atoms with Crippen molar-refractivity contribution in [3.8, 4) is 23.6 Å². The van der Waals surface area contributed by atoms with Crippen LogP contribution in [0.1, 0.15) is 15.9 Å². The third-order valence-corrected chi connectivity index (χ3v) is 4.01. The van der Waals surface area contributed by atoms with Gasteiger partial charge in [0.1, 0.15) is 0 Å². The number of benzene rings is 2. The molecule has 1 N–H and O–H groups in total. The van der Waals surface area contributed by atoms with Crippen LogP contribution in [0.2, 0.25) is 0 Å². The molecule has 0 fully saturated rings. The number of esters is 1. The fourth-order valence-electron chi connectivity index (χ4n) is 2.63. The quantitative estimate of drug-likeness (QED) is 0.562. The number of rotatable bonds is 5. The molecule has 0 atom stereocenters. The van der Waals surface area contributed by atoms with E-state index in [4.69, 9.17) is 11.2 Å². The maximum absolute atomic E-state index is 12.6. The number of carbonyl (C=O) groups is 2. The van der Waals surface area contributed by atoms with Crippen molar-refractivity contribution in [2.45, 2.75) is 6.92 Å². The molecular weight excluding hydrogens is 340 g/mol. The Morgan fingerprint density at radius 3 is 2.63 bits per heavy atom.